The second kappa shape index (κ2) is 9.38. The van der Waals surface area contributed by atoms with Gasteiger partial charge >= 0.3 is 37.4 Å². The molecule has 0 saturated carbocycles. The molecule has 3 aromatic rings. The first-order chi connectivity index (χ1) is 13.2. The summed E-state index contributed by atoms with van der Waals surface area (Å²) in [5, 5.41) is 9.98. The molecule has 7 heteroatoms. The van der Waals surface area contributed by atoms with Crippen LogP contribution in [0.3, 0.4) is 0 Å². The number of benzene rings is 3. The van der Waals surface area contributed by atoms with E-state index in [1.54, 1.807) is 44.2 Å². The summed E-state index contributed by atoms with van der Waals surface area (Å²) in [6.07, 6.45) is 0. The van der Waals surface area contributed by atoms with Crippen LogP contribution in [-0.4, -0.2) is 5.11 Å². The molecule has 0 spiro atoms. The predicted octanol–water partition coefficient (Wildman–Crippen LogP) is 2.22. The third-order valence-electron chi connectivity index (χ3n) is 4.45. The minimum Gasteiger partial charge on any atom is -0.736 e. The topological polar surface area (TPSA) is 78.8 Å². The van der Waals surface area contributed by atoms with Gasteiger partial charge in [-0.1, -0.05) is 18.2 Å². The molecule has 1 N–H and O–H groups in total. The zero-order chi connectivity index (χ0) is 20.5. The van der Waals surface area contributed by atoms with Crippen LogP contribution in [-0.2, 0) is 4.57 Å². The minimum atomic E-state index is -4.58. The fraction of sp³-hybridized carbons (Fsp3) is 0.182. The van der Waals surface area contributed by atoms with E-state index in [1.807, 2.05) is 38.1 Å². The van der Waals surface area contributed by atoms with Gasteiger partial charge in [0.2, 0.25) is 0 Å². The number of para-hydroxylation sites is 1. The van der Waals surface area contributed by atoms with Crippen LogP contribution in [0.25, 0.3) is 11.1 Å². The van der Waals surface area contributed by atoms with Crippen LogP contribution in [0.2, 0.25) is 0 Å². The average molecular weight is 420 g/mol. The summed E-state index contributed by atoms with van der Waals surface area (Å²) in [4.78, 5) is 12.3. The Labute approximate surface area is 193 Å². The molecule has 146 valence electrons. The van der Waals surface area contributed by atoms with Crippen LogP contribution in [0.4, 0.5) is 0 Å². The number of phosphoric acid groups is 1. The Morgan fingerprint density at radius 3 is 1.72 bits per heavy atom. The molecule has 0 aliphatic heterocycles. The first-order valence-corrected chi connectivity index (χ1v) is 10.3. The van der Waals surface area contributed by atoms with Crippen molar-refractivity contribution in [1.29, 1.82) is 0 Å². The van der Waals surface area contributed by atoms with Gasteiger partial charge in [0.25, 0.3) is 0 Å². The molecule has 0 saturated heterocycles. The van der Waals surface area contributed by atoms with Crippen LogP contribution in [0.1, 0.15) is 22.3 Å². The molecular formula is C22H22NaO5P. The van der Waals surface area contributed by atoms with Crippen molar-refractivity contribution >= 4 is 7.82 Å². The Morgan fingerprint density at radius 1 is 0.793 bits per heavy atom. The molecule has 5 nitrogen and oxygen atoms in total. The molecule has 0 aliphatic rings. The number of aryl methyl sites for hydroxylation is 4. The Balaban J connectivity index is 0.00000300. The second-order valence-corrected chi connectivity index (χ2v) is 8.10. The van der Waals surface area contributed by atoms with Crippen molar-refractivity contribution in [3.8, 4) is 28.4 Å². The molecule has 29 heavy (non-hydrogen) atoms. The van der Waals surface area contributed by atoms with Crippen LogP contribution < -0.4 is 43.5 Å². The zero-order valence-corrected chi connectivity index (χ0v) is 20.1. The van der Waals surface area contributed by atoms with Gasteiger partial charge < -0.3 is 19.0 Å². The van der Waals surface area contributed by atoms with Gasteiger partial charge in [0.15, 0.2) is 0 Å². The van der Waals surface area contributed by atoms with E-state index < -0.39 is 7.82 Å². The van der Waals surface area contributed by atoms with Crippen LogP contribution in [0.5, 0.6) is 17.2 Å². The van der Waals surface area contributed by atoms with Gasteiger partial charge in [-0.3, -0.25) is 0 Å². The van der Waals surface area contributed by atoms with E-state index in [0.29, 0.717) is 11.1 Å². The van der Waals surface area contributed by atoms with Gasteiger partial charge in [-0.15, -0.1) is 0 Å². The molecule has 3 rings (SSSR count). The molecule has 1 atom stereocenters. The minimum absolute atomic E-state index is 0. The van der Waals surface area contributed by atoms with Crippen molar-refractivity contribution in [2.75, 3.05) is 0 Å². The predicted molar refractivity (Wildman–Crippen MR) is 108 cm³/mol. The van der Waals surface area contributed by atoms with Crippen molar-refractivity contribution in [2.24, 2.45) is 0 Å². The molecule has 1 unspecified atom stereocenters. The number of phosphoric ester groups is 1. The zero-order valence-electron chi connectivity index (χ0n) is 17.2. The third-order valence-corrected chi connectivity index (χ3v) is 5.29. The Hall–Kier alpha value is -1.75. The molecule has 0 fully saturated rings. The van der Waals surface area contributed by atoms with Crippen molar-refractivity contribution in [1.82, 2.24) is 0 Å². The largest absolute Gasteiger partial charge is 1.00 e. The molecule has 0 aromatic heterocycles. The van der Waals surface area contributed by atoms with Gasteiger partial charge in [-0.25, -0.2) is 4.57 Å². The fourth-order valence-electron chi connectivity index (χ4n) is 3.12. The van der Waals surface area contributed by atoms with E-state index in [-0.39, 0.29) is 46.8 Å². The maximum absolute atomic E-state index is 12.3. The molecule has 0 amide bonds. The Morgan fingerprint density at radius 2 is 1.24 bits per heavy atom. The summed E-state index contributed by atoms with van der Waals surface area (Å²) < 4.78 is 22.6. The van der Waals surface area contributed by atoms with Gasteiger partial charge in [-0.05, 0) is 97.5 Å². The maximum atomic E-state index is 12.3. The fourth-order valence-corrected chi connectivity index (χ4v) is 4.05. The summed E-state index contributed by atoms with van der Waals surface area (Å²) in [5.41, 5.74) is 4.77. The number of aromatic hydroxyl groups is 1. The summed E-state index contributed by atoms with van der Waals surface area (Å²) in [6, 6.07) is 15.7. The first kappa shape index (κ1) is 23.5. The summed E-state index contributed by atoms with van der Waals surface area (Å²) in [7, 11) is -4.58. The molecule has 3 aromatic carbocycles. The van der Waals surface area contributed by atoms with E-state index in [2.05, 4.69) is 0 Å². The maximum Gasteiger partial charge on any atom is 1.00 e. The van der Waals surface area contributed by atoms with E-state index in [0.717, 1.165) is 22.3 Å². The van der Waals surface area contributed by atoms with E-state index in [4.69, 9.17) is 9.05 Å². The van der Waals surface area contributed by atoms with Crippen molar-refractivity contribution in [2.45, 2.75) is 27.7 Å². The van der Waals surface area contributed by atoms with Crippen LogP contribution in [0.15, 0.2) is 54.6 Å². The van der Waals surface area contributed by atoms with Gasteiger partial charge in [0, 0.05) is 0 Å². The second-order valence-electron chi connectivity index (χ2n) is 6.84. The van der Waals surface area contributed by atoms with Crippen LogP contribution in [0, 0.1) is 27.7 Å². The molecular weight excluding hydrogens is 398 g/mol. The van der Waals surface area contributed by atoms with E-state index in [9.17, 15) is 14.6 Å². The van der Waals surface area contributed by atoms with Gasteiger partial charge in [0.1, 0.15) is 17.2 Å². The number of rotatable bonds is 5. The monoisotopic (exact) mass is 420 g/mol. The molecule has 0 aliphatic carbocycles. The van der Waals surface area contributed by atoms with Gasteiger partial charge in [0.05, 0.1) is 0 Å². The molecule has 0 radical (unpaired) electrons. The summed E-state index contributed by atoms with van der Waals surface area (Å²) in [6.45, 7) is 7.26. The smallest absolute Gasteiger partial charge is 0.736 e. The molecule has 0 heterocycles. The SMILES string of the molecule is Cc1cc(-c2cc(C)c(OP(=O)([O-])Oc3ccccc3)c(C)c2)cc(C)c1O.[Na+]. The standard InChI is InChI=1S/C22H23O5P.Na/c1-14-10-18(11-15(2)21(14)23)19-12-16(3)22(17(4)13-19)27-28(24,25)26-20-8-6-5-7-9-20;/h5-13,23H,1-4H3,(H,24,25);/q;+1/p-1. The van der Waals surface area contributed by atoms with Crippen LogP contribution >= 0.6 is 7.82 Å². The Bertz CT molecular complexity index is 1020. The number of hydrogen-bond acceptors (Lipinski definition) is 5. The Kier molecular flexibility index (Phi) is 7.61. The quantitative estimate of drug-likeness (QED) is 0.506. The number of phenolic OH excluding ortho intramolecular Hbond substituents is 1. The third kappa shape index (κ3) is 5.65. The summed E-state index contributed by atoms with van der Waals surface area (Å²) in [5.74, 6) is 0.732. The van der Waals surface area contributed by atoms with Crippen molar-refractivity contribution in [3.05, 3.63) is 76.9 Å². The van der Waals surface area contributed by atoms with Gasteiger partial charge in [-0.2, -0.15) is 0 Å². The molecule has 0 bridgehead atoms. The summed E-state index contributed by atoms with van der Waals surface area (Å²) >= 11 is 0. The van der Waals surface area contributed by atoms with E-state index >= 15 is 0 Å². The average Bonchev–Trinajstić information content (AvgIpc) is 2.62. The first-order valence-electron chi connectivity index (χ1n) is 8.83. The van der Waals surface area contributed by atoms with Crippen molar-refractivity contribution in [3.63, 3.8) is 0 Å². The normalized spacial score (nSPS) is 12.6. The number of phenols is 1. The van der Waals surface area contributed by atoms with E-state index in [1.165, 1.54) is 0 Å². The van der Waals surface area contributed by atoms with Crippen molar-refractivity contribution < 1.29 is 53.2 Å². The number of hydrogen-bond donors (Lipinski definition) is 1.